The third-order valence-electron chi connectivity index (χ3n) is 5.54. The number of hydrogen-bond acceptors (Lipinski definition) is 5. The van der Waals surface area contributed by atoms with E-state index in [4.69, 9.17) is 14.2 Å². The summed E-state index contributed by atoms with van der Waals surface area (Å²) in [5.74, 6) is 2.70. The Labute approximate surface area is 189 Å². The summed E-state index contributed by atoms with van der Waals surface area (Å²) < 4.78 is 16.2. The number of rotatable bonds is 9. The second kappa shape index (κ2) is 11.3. The molecular weight excluding hydrogens is 408 g/mol. The van der Waals surface area contributed by atoms with Gasteiger partial charge < -0.3 is 30.2 Å². The maximum Gasteiger partial charge on any atom is 0.227 e. The van der Waals surface area contributed by atoms with Crippen LogP contribution in [0.5, 0.6) is 17.2 Å². The first-order valence-electron chi connectivity index (χ1n) is 10.7. The van der Waals surface area contributed by atoms with Crippen LogP contribution in [0.25, 0.3) is 0 Å². The molecule has 0 aliphatic heterocycles. The summed E-state index contributed by atoms with van der Waals surface area (Å²) in [6, 6.07) is 11.7. The van der Waals surface area contributed by atoms with Gasteiger partial charge >= 0.3 is 0 Å². The minimum atomic E-state index is 0.115. The molecule has 0 aromatic heterocycles. The summed E-state index contributed by atoms with van der Waals surface area (Å²) in [5, 5.41) is 9.61. The Hall–Kier alpha value is -3.42. The molecule has 0 spiro atoms. The quantitative estimate of drug-likeness (QED) is 0.409. The van der Waals surface area contributed by atoms with Gasteiger partial charge in [-0.2, -0.15) is 0 Å². The van der Waals surface area contributed by atoms with Crippen LogP contribution < -0.4 is 30.2 Å². The summed E-state index contributed by atoms with van der Waals surface area (Å²) in [6.07, 6.45) is 3.12. The van der Waals surface area contributed by atoms with Crippen molar-refractivity contribution in [2.75, 3.05) is 33.7 Å². The molecule has 8 nitrogen and oxygen atoms in total. The number of nitrogens with zero attached hydrogens (tertiary/aromatic N) is 1. The average molecular weight is 441 g/mol. The minimum Gasteiger partial charge on any atom is -0.493 e. The van der Waals surface area contributed by atoms with Gasteiger partial charge in [0.1, 0.15) is 0 Å². The van der Waals surface area contributed by atoms with Crippen molar-refractivity contribution in [1.82, 2.24) is 10.6 Å². The van der Waals surface area contributed by atoms with E-state index >= 15 is 0 Å². The lowest BCUT2D eigenvalue weighted by Gasteiger charge is -2.24. The first kappa shape index (κ1) is 23.2. The van der Waals surface area contributed by atoms with Gasteiger partial charge in [-0.05, 0) is 48.2 Å². The lowest BCUT2D eigenvalue weighted by atomic mass is 9.85. The summed E-state index contributed by atoms with van der Waals surface area (Å²) in [6.45, 7) is 1.09. The van der Waals surface area contributed by atoms with Crippen LogP contribution in [0.4, 0.5) is 5.69 Å². The number of anilines is 1. The zero-order valence-electron chi connectivity index (χ0n) is 19.2. The zero-order valence-corrected chi connectivity index (χ0v) is 19.2. The molecule has 1 amide bonds. The lowest BCUT2D eigenvalue weighted by molar-refractivity contribution is -0.122. The summed E-state index contributed by atoms with van der Waals surface area (Å²) >= 11 is 0. The number of nitrogens with one attached hydrogen (secondary N) is 3. The van der Waals surface area contributed by atoms with Crippen LogP contribution in [0.3, 0.4) is 0 Å². The zero-order chi connectivity index (χ0) is 22.9. The van der Waals surface area contributed by atoms with E-state index in [1.165, 1.54) is 0 Å². The average Bonchev–Trinajstić information content (AvgIpc) is 2.77. The number of guanidine groups is 1. The predicted molar refractivity (Wildman–Crippen MR) is 126 cm³/mol. The van der Waals surface area contributed by atoms with E-state index in [0.29, 0.717) is 36.3 Å². The molecule has 2 aromatic rings. The van der Waals surface area contributed by atoms with Crippen LogP contribution in [0, 0.1) is 5.92 Å². The number of amides is 1. The fourth-order valence-electron chi connectivity index (χ4n) is 3.50. The number of hydrogen-bond donors (Lipinski definition) is 3. The first-order valence-corrected chi connectivity index (χ1v) is 10.7. The maximum absolute atomic E-state index is 12.2. The Bertz CT molecular complexity index is 932. The smallest absolute Gasteiger partial charge is 0.227 e. The first-order chi connectivity index (χ1) is 15.6. The van der Waals surface area contributed by atoms with E-state index in [2.05, 4.69) is 20.9 Å². The van der Waals surface area contributed by atoms with E-state index in [-0.39, 0.29) is 11.8 Å². The highest BCUT2D eigenvalue weighted by Crippen LogP contribution is 2.38. The number of aliphatic imine (C=N–C) groups is 1. The van der Waals surface area contributed by atoms with E-state index in [1.54, 1.807) is 28.4 Å². The van der Waals surface area contributed by atoms with Crippen LogP contribution in [0.15, 0.2) is 41.4 Å². The third kappa shape index (κ3) is 5.84. The summed E-state index contributed by atoms with van der Waals surface area (Å²) in [4.78, 5) is 16.5. The Morgan fingerprint density at radius 2 is 1.62 bits per heavy atom. The van der Waals surface area contributed by atoms with Crippen molar-refractivity contribution < 1.29 is 19.0 Å². The van der Waals surface area contributed by atoms with Crippen molar-refractivity contribution in [1.29, 1.82) is 0 Å². The molecule has 32 heavy (non-hydrogen) atoms. The molecule has 172 valence electrons. The van der Waals surface area contributed by atoms with Crippen molar-refractivity contribution >= 4 is 17.6 Å². The second-order valence-electron chi connectivity index (χ2n) is 7.63. The molecule has 1 fully saturated rings. The highest BCUT2D eigenvalue weighted by molar-refractivity contribution is 5.93. The highest BCUT2D eigenvalue weighted by atomic mass is 16.5. The normalized spacial score (nSPS) is 13.7. The fraction of sp³-hybridized carbons (Fsp3) is 0.417. The largest absolute Gasteiger partial charge is 0.493 e. The van der Waals surface area contributed by atoms with E-state index in [9.17, 15) is 4.79 Å². The standard InChI is InChI=1S/C24H32N4O4/c1-25-24(27-15-17-12-20(30-2)22(32-4)21(13-17)31-3)26-14-16-7-5-10-19(11-16)28-23(29)18-8-6-9-18/h5,7,10-13,18H,6,8-9,14-15H2,1-4H3,(H,28,29)(H2,25,26,27). The molecule has 3 N–H and O–H groups in total. The Morgan fingerprint density at radius 1 is 0.969 bits per heavy atom. The molecule has 1 aliphatic rings. The second-order valence-corrected chi connectivity index (χ2v) is 7.63. The van der Waals surface area contributed by atoms with E-state index in [1.807, 2.05) is 36.4 Å². The third-order valence-corrected chi connectivity index (χ3v) is 5.54. The molecular formula is C24H32N4O4. The van der Waals surface area contributed by atoms with Gasteiger partial charge in [0.25, 0.3) is 0 Å². The molecule has 8 heteroatoms. The van der Waals surface area contributed by atoms with Gasteiger partial charge in [-0.25, -0.2) is 0 Å². The van der Waals surface area contributed by atoms with Crippen LogP contribution in [0.2, 0.25) is 0 Å². The Balaban J connectivity index is 1.56. The molecule has 0 unspecified atom stereocenters. The van der Waals surface area contributed by atoms with Crippen LogP contribution in [-0.2, 0) is 17.9 Å². The predicted octanol–water partition coefficient (Wildman–Crippen LogP) is 3.32. The van der Waals surface area contributed by atoms with Crippen molar-refractivity contribution in [3.63, 3.8) is 0 Å². The molecule has 0 atom stereocenters. The summed E-state index contributed by atoms with van der Waals surface area (Å²) in [7, 11) is 6.49. The number of carbonyl (C=O) groups is 1. The molecule has 0 heterocycles. The topological polar surface area (TPSA) is 93.2 Å². The van der Waals surface area contributed by atoms with Crippen molar-refractivity contribution in [2.45, 2.75) is 32.4 Å². The molecule has 1 aliphatic carbocycles. The van der Waals surface area contributed by atoms with Gasteiger partial charge in [0, 0.05) is 31.7 Å². The fourth-order valence-corrected chi connectivity index (χ4v) is 3.50. The Morgan fingerprint density at radius 3 is 2.16 bits per heavy atom. The number of benzene rings is 2. The van der Waals surface area contributed by atoms with Crippen molar-refractivity contribution in [2.24, 2.45) is 10.9 Å². The minimum absolute atomic E-state index is 0.115. The van der Waals surface area contributed by atoms with Gasteiger partial charge in [0.15, 0.2) is 17.5 Å². The molecule has 0 bridgehead atoms. The number of carbonyl (C=O) groups excluding carboxylic acids is 1. The molecule has 1 saturated carbocycles. The van der Waals surface area contributed by atoms with Crippen LogP contribution >= 0.6 is 0 Å². The van der Waals surface area contributed by atoms with E-state index < -0.39 is 0 Å². The van der Waals surface area contributed by atoms with Gasteiger partial charge in [0.2, 0.25) is 11.7 Å². The van der Waals surface area contributed by atoms with Crippen LogP contribution in [-0.4, -0.2) is 40.2 Å². The molecule has 2 aromatic carbocycles. The lowest BCUT2D eigenvalue weighted by Crippen LogP contribution is -2.36. The van der Waals surface area contributed by atoms with E-state index in [0.717, 1.165) is 36.1 Å². The molecule has 0 saturated heterocycles. The number of methoxy groups -OCH3 is 3. The summed E-state index contributed by atoms with van der Waals surface area (Å²) in [5.41, 5.74) is 2.83. The van der Waals surface area contributed by atoms with Gasteiger partial charge in [-0.3, -0.25) is 9.79 Å². The molecule has 0 radical (unpaired) electrons. The SMILES string of the molecule is CN=C(NCc1cccc(NC(=O)C2CCC2)c1)NCc1cc(OC)c(OC)c(OC)c1. The van der Waals surface area contributed by atoms with Gasteiger partial charge in [-0.15, -0.1) is 0 Å². The Kier molecular flexibility index (Phi) is 8.19. The van der Waals surface area contributed by atoms with Crippen molar-refractivity contribution in [3.8, 4) is 17.2 Å². The van der Waals surface area contributed by atoms with Crippen molar-refractivity contribution in [3.05, 3.63) is 47.5 Å². The molecule has 3 rings (SSSR count). The van der Waals surface area contributed by atoms with Crippen LogP contribution in [0.1, 0.15) is 30.4 Å². The number of ether oxygens (including phenoxy) is 3. The van der Waals surface area contributed by atoms with Gasteiger partial charge in [-0.1, -0.05) is 18.6 Å². The highest BCUT2D eigenvalue weighted by Gasteiger charge is 2.25. The maximum atomic E-state index is 12.2. The van der Waals surface area contributed by atoms with Gasteiger partial charge in [0.05, 0.1) is 21.3 Å². The monoisotopic (exact) mass is 440 g/mol.